The van der Waals surface area contributed by atoms with Crippen LogP contribution in [0.3, 0.4) is 0 Å². The summed E-state index contributed by atoms with van der Waals surface area (Å²) in [5.41, 5.74) is -0.329. The van der Waals surface area contributed by atoms with Crippen LogP contribution in [0.25, 0.3) is 0 Å². The number of rotatable bonds is 10. The summed E-state index contributed by atoms with van der Waals surface area (Å²) < 4.78 is 66.0. The Hall–Kier alpha value is -4.47. The Balaban J connectivity index is 1.84. The maximum atomic E-state index is 13.7. The third kappa shape index (κ3) is 7.78. The van der Waals surface area contributed by atoms with Gasteiger partial charge in [0.15, 0.2) is 0 Å². The van der Waals surface area contributed by atoms with E-state index in [9.17, 15) is 31.2 Å². The lowest BCUT2D eigenvalue weighted by molar-refractivity contribution is -0.137. The number of nitrogens with one attached hydrogen (secondary N) is 3. The Bertz CT molecular complexity index is 1500. The number of amides is 2. The minimum Gasteiger partial charge on any atom is -0.365 e. The van der Waals surface area contributed by atoms with Crippen molar-refractivity contribution in [2.45, 2.75) is 12.7 Å². The summed E-state index contributed by atoms with van der Waals surface area (Å²) in [5, 5.41) is 7.85. The molecule has 0 radical (unpaired) electrons. The SMILES string of the molecule is CN(C)C(=O)CNC(=O)c1cccc(Nc2ncc(C(F)(F)F)c(NCc3cccnc3N(C)S(C)(=O)=O)n2)c1. The molecule has 16 heteroatoms. The van der Waals surface area contributed by atoms with Gasteiger partial charge in [-0.25, -0.2) is 18.4 Å². The number of hydrogen-bond donors (Lipinski definition) is 3. The molecular formula is C24H27F3N8O4S. The number of nitrogens with zero attached hydrogens (tertiary/aromatic N) is 5. The van der Waals surface area contributed by atoms with E-state index in [1.54, 1.807) is 20.2 Å². The summed E-state index contributed by atoms with van der Waals surface area (Å²) in [6, 6.07) is 9.06. The number of aromatic nitrogens is 3. The predicted octanol–water partition coefficient (Wildman–Crippen LogP) is 2.46. The van der Waals surface area contributed by atoms with Gasteiger partial charge in [-0.15, -0.1) is 0 Å². The van der Waals surface area contributed by atoms with Gasteiger partial charge in [-0.2, -0.15) is 18.2 Å². The van der Waals surface area contributed by atoms with E-state index in [2.05, 4.69) is 30.9 Å². The lowest BCUT2D eigenvalue weighted by Crippen LogP contribution is -2.36. The molecule has 40 heavy (non-hydrogen) atoms. The highest BCUT2D eigenvalue weighted by Crippen LogP contribution is 2.34. The van der Waals surface area contributed by atoms with E-state index in [4.69, 9.17) is 0 Å². The molecule has 0 saturated heterocycles. The molecule has 0 unspecified atom stereocenters. The fourth-order valence-electron chi connectivity index (χ4n) is 3.26. The first-order valence-corrected chi connectivity index (χ1v) is 13.4. The number of likely N-dealkylation sites (N-methyl/N-ethyl adjacent to an activating group) is 1. The molecule has 0 bridgehead atoms. The van der Waals surface area contributed by atoms with Crippen molar-refractivity contribution in [1.82, 2.24) is 25.2 Å². The predicted molar refractivity (Wildman–Crippen MR) is 143 cm³/mol. The van der Waals surface area contributed by atoms with Crippen molar-refractivity contribution in [3.8, 4) is 0 Å². The Morgan fingerprint density at radius 3 is 2.42 bits per heavy atom. The van der Waals surface area contributed by atoms with Crippen molar-refractivity contribution in [2.24, 2.45) is 0 Å². The van der Waals surface area contributed by atoms with Gasteiger partial charge in [0.2, 0.25) is 21.9 Å². The highest BCUT2D eigenvalue weighted by atomic mass is 32.2. The molecule has 12 nitrogen and oxygen atoms in total. The van der Waals surface area contributed by atoms with Gasteiger partial charge >= 0.3 is 6.18 Å². The average Bonchev–Trinajstić information content (AvgIpc) is 2.89. The lowest BCUT2D eigenvalue weighted by atomic mass is 10.2. The first-order chi connectivity index (χ1) is 18.7. The molecule has 0 atom stereocenters. The molecule has 214 valence electrons. The van der Waals surface area contributed by atoms with Gasteiger partial charge in [0.05, 0.1) is 12.8 Å². The molecule has 3 rings (SSSR count). The number of hydrogen-bond acceptors (Lipinski definition) is 9. The summed E-state index contributed by atoms with van der Waals surface area (Å²) in [4.78, 5) is 37.2. The first kappa shape index (κ1) is 30.1. The summed E-state index contributed by atoms with van der Waals surface area (Å²) in [7, 11) is 0.709. The quantitative estimate of drug-likeness (QED) is 0.329. The number of carbonyl (C=O) groups excluding carboxylic acids is 2. The fraction of sp³-hybridized carbons (Fsp3) is 0.292. The molecule has 0 saturated carbocycles. The molecule has 3 aromatic rings. The van der Waals surface area contributed by atoms with Crippen molar-refractivity contribution < 1.29 is 31.2 Å². The Morgan fingerprint density at radius 2 is 1.77 bits per heavy atom. The molecule has 0 spiro atoms. The van der Waals surface area contributed by atoms with E-state index in [-0.39, 0.29) is 36.3 Å². The number of alkyl halides is 3. The van der Waals surface area contributed by atoms with E-state index in [1.165, 1.54) is 48.5 Å². The standard InChI is InChI=1S/C24H27F3N8O4S/c1-34(2)19(36)14-30-22(37)15-7-5-9-17(11-15)32-23-31-13-18(24(25,26)27)20(33-23)29-12-16-8-6-10-28-21(16)35(3)40(4,38)39/h5-11,13H,12,14H2,1-4H3,(H,30,37)(H2,29,31,32,33). The van der Waals surface area contributed by atoms with E-state index >= 15 is 0 Å². The molecule has 0 aliphatic heterocycles. The maximum Gasteiger partial charge on any atom is 0.421 e. The molecule has 3 N–H and O–H groups in total. The van der Waals surface area contributed by atoms with Gasteiger partial charge in [0, 0.05) is 56.9 Å². The number of pyridine rings is 1. The van der Waals surface area contributed by atoms with Crippen LogP contribution in [0.4, 0.5) is 36.4 Å². The second-order valence-corrected chi connectivity index (χ2v) is 10.7. The number of carbonyl (C=O) groups is 2. The molecule has 1 aromatic carbocycles. The van der Waals surface area contributed by atoms with Gasteiger partial charge in [-0.1, -0.05) is 12.1 Å². The van der Waals surface area contributed by atoms with Crippen LogP contribution < -0.4 is 20.3 Å². The number of halogens is 3. The highest BCUT2D eigenvalue weighted by molar-refractivity contribution is 7.92. The minimum atomic E-state index is -4.79. The van der Waals surface area contributed by atoms with Gasteiger partial charge in [-0.3, -0.25) is 13.9 Å². The van der Waals surface area contributed by atoms with Crippen LogP contribution in [0.15, 0.2) is 48.8 Å². The maximum absolute atomic E-state index is 13.7. The third-order valence-electron chi connectivity index (χ3n) is 5.48. The number of sulfonamides is 1. The Labute approximate surface area is 228 Å². The van der Waals surface area contributed by atoms with E-state index in [0.717, 1.165) is 10.6 Å². The summed E-state index contributed by atoms with van der Waals surface area (Å²) in [5.74, 6) is -1.54. The number of anilines is 4. The molecule has 0 fully saturated rings. The normalized spacial score (nSPS) is 11.5. The largest absolute Gasteiger partial charge is 0.421 e. The third-order valence-corrected chi connectivity index (χ3v) is 6.65. The van der Waals surface area contributed by atoms with Gasteiger partial charge in [0.1, 0.15) is 17.2 Å². The van der Waals surface area contributed by atoms with Crippen molar-refractivity contribution in [3.05, 3.63) is 65.5 Å². The topological polar surface area (TPSA) is 150 Å². The van der Waals surface area contributed by atoms with Gasteiger partial charge in [-0.05, 0) is 24.3 Å². The number of benzene rings is 1. The molecular weight excluding hydrogens is 553 g/mol. The van der Waals surface area contributed by atoms with Crippen molar-refractivity contribution >= 4 is 45.1 Å². The minimum absolute atomic E-state index is 0.0424. The molecule has 2 amide bonds. The van der Waals surface area contributed by atoms with E-state index in [1.807, 2.05) is 0 Å². The van der Waals surface area contributed by atoms with Gasteiger partial charge in [0.25, 0.3) is 5.91 Å². The molecule has 2 aromatic heterocycles. The second-order valence-electron chi connectivity index (χ2n) is 8.70. The molecule has 2 heterocycles. The van der Waals surface area contributed by atoms with E-state index < -0.39 is 33.5 Å². The molecule has 0 aliphatic carbocycles. The first-order valence-electron chi connectivity index (χ1n) is 11.6. The zero-order valence-corrected chi connectivity index (χ0v) is 22.8. The van der Waals surface area contributed by atoms with E-state index in [0.29, 0.717) is 17.4 Å². The smallest absolute Gasteiger partial charge is 0.365 e. The van der Waals surface area contributed by atoms with Crippen molar-refractivity contribution in [1.29, 1.82) is 0 Å². The van der Waals surface area contributed by atoms with Crippen LogP contribution in [0, 0.1) is 0 Å². The van der Waals surface area contributed by atoms with Crippen LogP contribution in [0.1, 0.15) is 21.5 Å². The van der Waals surface area contributed by atoms with Crippen molar-refractivity contribution in [3.63, 3.8) is 0 Å². The second kappa shape index (κ2) is 12.1. The Kier molecular flexibility index (Phi) is 9.13. The zero-order valence-electron chi connectivity index (χ0n) is 21.9. The van der Waals surface area contributed by atoms with Crippen molar-refractivity contribution in [2.75, 3.05) is 48.9 Å². The fourth-order valence-corrected chi connectivity index (χ4v) is 3.73. The van der Waals surface area contributed by atoms with Crippen LogP contribution in [0.5, 0.6) is 0 Å². The van der Waals surface area contributed by atoms with Gasteiger partial charge < -0.3 is 20.9 Å². The van der Waals surface area contributed by atoms with Crippen LogP contribution >= 0.6 is 0 Å². The average molecular weight is 581 g/mol. The van der Waals surface area contributed by atoms with Crippen LogP contribution in [-0.4, -0.2) is 74.0 Å². The van der Waals surface area contributed by atoms with Crippen LogP contribution in [0.2, 0.25) is 0 Å². The lowest BCUT2D eigenvalue weighted by Gasteiger charge is -2.20. The van der Waals surface area contributed by atoms with Crippen LogP contribution in [-0.2, 0) is 27.5 Å². The summed E-state index contributed by atoms with van der Waals surface area (Å²) in [6.45, 7) is -0.441. The molecule has 0 aliphatic rings. The summed E-state index contributed by atoms with van der Waals surface area (Å²) in [6.07, 6.45) is -1.84. The highest BCUT2D eigenvalue weighted by Gasteiger charge is 2.35. The monoisotopic (exact) mass is 580 g/mol. The Morgan fingerprint density at radius 1 is 1.05 bits per heavy atom. The summed E-state index contributed by atoms with van der Waals surface area (Å²) >= 11 is 0. The zero-order chi connectivity index (χ0) is 29.7.